The number of carbonyl (C=O) groups excluding carboxylic acids is 2. The van der Waals surface area contributed by atoms with E-state index in [0.29, 0.717) is 0 Å². The molecule has 0 fully saturated rings. The molecule has 0 aromatic heterocycles. The van der Waals surface area contributed by atoms with Gasteiger partial charge in [0.1, 0.15) is 0 Å². The molecule has 0 aliphatic carbocycles. The second-order valence-electron chi connectivity index (χ2n) is 1.26. The number of hydrogen-bond acceptors (Lipinski definition) is 4. The van der Waals surface area contributed by atoms with Gasteiger partial charge in [-0.05, 0) is 0 Å². The van der Waals surface area contributed by atoms with Gasteiger partial charge in [-0.2, -0.15) is 0 Å². The highest BCUT2D eigenvalue weighted by atomic mass is 16.6. The van der Waals surface area contributed by atoms with Gasteiger partial charge in [-0.1, -0.05) is 6.92 Å². The number of hydrazine groups is 1. The summed E-state index contributed by atoms with van der Waals surface area (Å²) in [6, 6.07) is 0. The van der Waals surface area contributed by atoms with E-state index in [1.54, 1.807) is 12.3 Å². The molecule has 5 heteroatoms. The monoisotopic (exact) mass is 132 g/mol. The summed E-state index contributed by atoms with van der Waals surface area (Å²) in [7, 11) is 0. The van der Waals surface area contributed by atoms with Crippen LogP contribution >= 0.6 is 0 Å². The molecule has 3 N–H and O–H groups in total. The molecule has 0 spiro atoms. The first kappa shape index (κ1) is 7.90. The fourth-order valence-corrected chi connectivity index (χ4v) is 0.205. The Kier molecular flexibility index (Phi) is 3.38. The maximum atomic E-state index is 10.2. The molecule has 0 rings (SSSR count). The molecule has 0 saturated carbocycles. The average Bonchev–Trinajstić information content (AvgIpc) is 1.87. The standard InChI is InChI=1S/C4H8N2O3/c1-2-3(7)9-4(8)6-5/h2,5H2,1H3,(H,6,8). The molecule has 0 aromatic carbocycles. The normalized spacial score (nSPS) is 8.22. The number of amides is 1. The Labute approximate surface area is 52.1 Å². The van der Waals surface area contributed by atoms with Crippen molar-refractivity contribution in [2.75, 3.05) is 0 Å². The summed E-state index contributed by atoms with van der Waals surface area (Å²) < 4.78 is 4.03. The molecular weight excluding hydrogens is 124 g/mol. The van der Waals surface area contributed by atoms with Gasteiger partial charge in [0.2, 0.25) is 0 Å². The molecule has 0 aliphatic rings. The Hall–Kier alpha value is -1.10. The lowest BCUT2D eigenvalue weighted by Gasteiger charge is -1.96. The molecule has 1 amide bonds. The Balaban J connectivity index is 3.47. The molecule has 0 unspecified atom stereocenters. The third-order valence-corrected chi connectivity index (χ3v) is 0.613. The van der Waals surface area contributed by atoms with E-state index < -0.39 is 12.1 Å². The van der Waals surface area contributed by atoms with Crippen molar-refractivity contribution in [1.82, 2.24) is 5.43 Å². The van der Waals surface area contributed by atoms with Gasteiger partial charge < -0.3 is 4.74 Å². The number of nitrogens with one attached hydrogen (secondary N) is 1. The first-order valence-corrected chi connectivity index (χ1v) is 2.42. The van der Waals surface area contributed by atoms with Crippen molar-refractivity contribution in [3.63, 3.8) is 0 Å². The van der Waals surface area contributed by atoms with Crippen LogP contribution in [0.3, 0.4) is 0 Å². The van der Waals surface area contributed by atoms with Crippen molar-refractivity contribution in [2.24, 2.45) is 5.84 Å². The van der Waals surface area contributed by atoms with Gasteiger partial charge in [-0.3, -0.25) is 10.2 Å². The minimum atomic E-state index is -0.929. The van der Waals surface area contributed by atoms with Crippen molar-refractivity contribution >= 4 is 12.1 Å². The van der Waals surface area contributed by atoms with Crippen LogP contribution in [0.4, 0.5) is 4.79 Å². The summed E-state index contributed by atoms with van der Waals surface area (Å²) in [6.07, 6.45) is -0.769. The van der Waals surface area contributed by atoms with Crippen LogP contribution < -0.4 is 11.3 Å². The Morgan fingerprint density at radius 3 is 2.56 bits per heavy atom. The second-order valence-corrected chi connectivity index (χ2v) is 1.26. The van der Waals surface area contributed by atoms with Crippen LogP contribution in [-0.2, 0) is 9.53 Å². The molecule has 0 heterocycles. The van der Waals surface area contributed by atoms with Crippen LogP contribution in [0.25, 0.3) is 0 Å². The second kappa shape index (κ2) is 3.85. The number of hydrogen-bond donors (Lipinski definition) is 2. The van der Waals surface area contributed by atoms with Crippen LogP contribution in [0.2, 0.25) is 0 Å². The fraction of sp³-hybridized carbons (Fsp3) is 0.500. The number of carbonyl (C=O) groups is 2. The van der Waals surface area contributed by atoms with Crippen molar-refractivity contribution in [3.8, 4) is 0 Å². The van der Waals surface area contributed by atoms with E-state index in [0.717, 1.165) is 0 Å². The largest absolute Gasteiger partial charge is 0.429 e. The van der Waals surface area contributed by atoms with Crippen LogP contribution in [0.1, 0.15) is 13.3 Å². The maximum absolute atomic E-state index is 10.2. The maximum Gasteiger partial charge on any atom is 0.429 e. The highest BCUT2D eigenvalue weighted by Gasteiger charge is 2.03. The van der Waals surface area contributed by atoms with Crippen molar-refractivity contribution in [2.45, 2.75) is 13.3 Å². The Bertz CT molecular complexity index is 109. The van der Waals surface area contributed by atoms with E-state index in [9.17, 15) is 9.59 Å². The van der Waals surface area contributed by atoms with E-state index in [4.69, 9.17) is 0 Å². The predicted octanol–water partition coefficient (Wildman–Crippen LogP) is -0.477. The Morgan fingerprint density at radius 1 is 1.67 bits per heavy atom. The number of rotatable bonds is 1. The number of ether oxygens (including phenoxy) is 1. The van der Waals surface area contributed by atoms with Gasteiger partial charge >= 0.3 is 12.1 Å². The number of esters is 1. The average molecular weight is 132 g/mol. The molecule has 0 bridgehead atoms. The van der Waals surface area contributed by atoms with Crippen LogP contribution in [-0.4, -0.2) is 12.1 Å². The summed E-state index contributed by atoms with van der Waals surface area (Å²) in [6.45, 7) is 1.58. The number of nitrogens with two attached hydrogens (primary N) is 1. The molecule has 0 aromatic rings. The summed E-state index contributed by atoms with van der Waals surface area (Å²) in [4.78, 5) is 20.3. The van der Waals surface area contributed by atoms with E-state index in [1.807, 2.05) is 0 Å². The lowest BCUT2D eigenvalue weighted by atomic mass is 10.5. The molecule has 0 atom stereocenters. The zero-order chi connectivity index (χ0) is 7.28. The van der Waals surface area contributed by atoms with Crippen LogP contribution in [0.15, 0.2) is 0 Å². The van der Waals surface area contributed by atoms with Crippen molar-refractivity contribution in [3.05, 3.63) is 0 Å². The minimum absolute atomic E-state index is 0.160. The highest BCUT2D eigenvalue weighted by molar-refractivity contribution is 5.83. The van der Waals surface area contributed by atoms with Gasteiger partial charge in [-0.15, -0.1) is 0 Å². The predicted molar refractivity (Wildman–Crippen MR) is 29.1 cm³/mol. The lowest BCUT2D eigenvalue weighted by Crippen LogP contribution is -2.32. The molecule has 0 saturated heterocycles. The SMILES string of the molecule is CCC(=O)OC(=O)NN. The lowest BCUT2D eigenvalue weighted by molar-refractivity contribution is -0.136. The quantitative estimate of drug-likeness (QED) is 0.166. The van der Waals surface area contributed by atoms with Crippen molar-refractivity contribution in [1.29, 1.82) is 0 Å². The van der Waals surface area contributed by atoms with E-state index in [-0.39, 0.29) is 6.42 Å². The fourth-order valence-electron chi connectivity index (χ4n) is 0.205. The van der Waals surface area contributed by atoms with Gasteiger partial charge in [-0.25, -0.2) is 10.6 Å². The van der Waals surface area contributed by atoms with Crippen LogP contribution in [0, 0.1) is 0 Å². The first-order valence-electron chi connectivity index (χ1n) is 2.42. The molecule has 9 heavy (non-hydrogen) atoms. The molecular formula is C4H8N2O3. The molecule has 0 aliphatic heterocycles. The third kappa shape index (κ3) is 3.48. The van der Waals surface area contributed by atoms with Crippen molar-refractivity contribution < 1.29 is 14.3 Å². The molecule has 52 valence electrons. The zero-order valence-electron chi connectivity index (χ0n) is 5.01. The van der Waals surface area contributed by atoms with E-state index in [1.165, 1.54) is 0 Å². The summed E-state index contributed by atoms with van der Waals surface area (Å²) in [5.41, 5.74) is 1.65. The molecule has 0 radical (unpaired) electrons. The Morgan fingerprint density at radius 2 is 2.22 bits per heavy atom. The third-order valence-electron chi connectivity index (χ3n) is 0.613. The van der Waals surface area contributed by atoms with E-state index in [2.05, 4.69) is 10.6 Å². The van der Waals surface area contributed by atoms with E-state index >= 15 is 0 Å². The zero-order valence-corrected chi connectivity index (χ0v) is 5.01. The van der Waals surface area contributed by atoms with Gasteiger partial charge in [0.05, 0.1) is 0 Å². The summed E-state index contributed by atoms with van der Waals surface area (Å²) in [5.74, 6) is 4.00. The topological polar surface area (TPSA) is 81.4 Å². The molecule has 5 nitrogen and oxygen atoms in total. The summed E-state index contributed by atoms with van der Waals surface area (Å²) >= 11 is 0. The highest BCUT2D eigenvalue weighted by Crippen LogP contribution is 1.82. The van der Waals surface area contributed by atoms with Crippen LogP contribution in [0.5, 0.6) is 0 Å². The van der Waals surface area contributed by atoms with Gasteiger partial charge in [0.15, 0.2) is 0 Å². The first-order chi connectivity index (χ1) is 4.20. The minimum Gasteiger partial charge on any atom is -0.375 e. The van der Waals surface area contributed by atoms with Gasteiger partial charge in [0.25, 0.3) is 0 Å². The summed E-state index contributed by atoms with van der Waals surface area (Å²) in [5, 5.41) is 0. The smallest absolute Gasteiger partial charge is 0.375 e. The van der Waals surface area contributed by atoms with Gasteiger partial charge in [0, 0.05) is 6.42 Å².